The predicted molar refractivity (Wildman–Crippen MR) is 26.0 cm³/mol. The topological polar surface area (TPSA) is 21.3 Å². The highest BCUT2D eigenvalue weighted by atomic mass is 16.5. The molecule has 0 saturated carbocycles. The number of hydrogen-bond donors (Lipinski definition) is 1. The van der Waals surface area contributed by atoms with Crippen molar-refractivity contribution in [2.75, 3.05) is 6.61 Å². The van der Waals surface area contributed by atoms with E-state index in [1.54, 1.807) is 18.5 Å². The number of ether oxygens (including phenoxy) is 1. The van der Waals surface area contributed by atoms with Gasteiger partial charge in [-0.1, -0.05) is 0 Å². The molecule has 0 aromatic rings. The molecule has 0 aromatic heterocycles. The zero-order chi connectivity index (χ0) is 4.95. The van der Waals surface area contributed by atoms with Crippen LogP contribution in [-0.4, -0.2) is 6.61 Å². The molecular weight excluding hydrogens is 90.1 g/mol. The van der Waals surface area contributed by atoms with E-state index in [1.165, 1.54) is 0 Å². The highest BCUT2D eigenvalue weighted by molar-refractivity contribution is 4.83. The van der Waals surface area contributed by atoms with Gasteiger partial charge in [0.15, 0.2) is 0 Å². The summed E-state index contributed by atoms with van der Waals surface area (Å²) in [5, 5.41) is 2.74. The van der Waals surface area contributed by atoms with Crippen molar-refractivity contribution in [2.24, 2.45) is 0 Å². The molecule has 1 aliphatic heterocycles. The van der Waals surface area contributed by atoms with Crippen molar-refractivity contribution in [3.8, 4) is 0 Å². The van der Waals surface area contributed by atoms with Crippen LogP contribution >= 0.6 is 0 Å². The van der Waals surface area contributed by atoms with Gasteiger partial charge in [-0.25, -0.2) is 0 Å². The fraction of sp³-hybridized carbons (Fsp3) is 0.200. The standard InChI is InChI=1S/C5H6NO/c1-2-6-3-5-7-4-1/h1,3,5-6H,4H2. The summed E-state index contributed by atoms with van der Waals surface area (Å²) >= 11 is 0. The Bertz CT molecular complexity index is 84.3. The average Bonchev–Trinajstić information content (AvgIpc) is 1.90. The van der Waals surface area contributed by atoms with E-state index in [2.05, 4.69) is 11.5 Å². The van der Waals surface area contributed by atoms with Crippen molar-refractivity contribution in [3.63, 3.8) is 0 Å². The summed E-state index contributed by atoms with van der Waals surface area (Å²) in [6, 6.07) is 0. The van der Waals surface area contributed by atoms with Crippen molar-refractivity contribution < 1.29 is 4.74 Å². The van der Waals surface area contributed by atoms with E-state index in [9.17, 15) is 0 Å². The summed E-state index contributed by atoms with van der Waals surface area (Å²) < 4.78 is 4.83. The quantitative estimate of drug-likeness (QED) is 0.471. The van der Waals surface area contributed by atoms with Crippen LogP contribution in [0.5, 0.6) is 0 Å². The SMILES string of the molecule is [C]1=CCOC=CN1. The highest BCUT2D eigenvalue weighted by Crippen LogP contribution is 1.80. The minimum absolute atomic E-state index is 0.615. The Morgan fingerprint density at radius 2 is 2.71 bits per heavy atom. The minimum Gasteiger partial charge on any atom is -0.496 e. The second kappa shape index (κ2) is 2.29. The predicted octanol–water partition coefficient (Wildman–Crippen LogP) is 0.394. The number of hydrogen-bond acceptors (Lipinski definition) is 2. The fourth-order valence-electron chi connectivity index (χ4n) is 0.335. The molecule has 2 nitrogen and oxygen atoms in total. The van der Waals surface area contributed by atoms with Gasteiger partial charge in [0.05, 0.1) is 12.5 Å². The molecule has 0 saturated heterocycles. The van der Waals surface area contributed by atoms with E-state index in [0.29, 0.717) is 6.61 Å². The molecule has 0 aliphatic carbocycles. The van der Waals surface area contributed by atoms with Crippen LogP contribution in [0.2, 0.25) is 0 Å². The van der Waals surface area contributed by atoms with Gasteiger partial charge in [-0.15, -0.1) is 0 Å². The van der Waals surface area contributed by atoms with Gasteiger partial charge in [0.25, 0.3) is 0 Å². The smallest absolute Gasteiger partial charge is 0.108 e. The molecule has 1 rings (SSSR count). The van der Waals surface area contributed by atoms with Crippen LogP contribution in [0.4, 0.5) is 0 Å². The number of nitrogens with one attached hydrogen (secondary N) is 1. The van der Waals surface area contributed by atoms with Crippen LogP contribution < -0.4 is 5.32 Å². The van der Waals surface area contributed by atoms with E-state index in [4.69, 9.17) is 4.74 Å². The molecule has 0 aromatic carbocycles. The van der Waals surface area contributed by atoms with Crippen LogP contribution in [0.3, 0.4) is 0 Å². The summed E-state index contributed by atoms with van der Waals surface area (Å²) in [6.45, 7) is 0.615. The lowest BCUT2D eigenvalue weighted by molar-refractivity contribution is 0.290. The van der Waals surface area contributed by atoms with Gasteiger partial charge >= 0.3 is 0 Å². The van der Waals surface area contributed by atoms with Gasteiger partial charge in [-0.3, -0.25) is 0 Å². The molecule has 0 fully saturated rings. The monoisotopic (exact) mass is 96.0 g/mol. The van der Waals surface area contributed by atoms with Gasteiger partial charge in [0, 0.05) is 6.20 Å². The first-order chi connectivity index (χ1) is 3.50. The first kappa shape index (κ1) is 4.24. The summed E-state index contributed by atoms with van der Waals surface area (Å²) in [4.78, 5) is 0. The summed E-state index contributed by atoms with van der Waals surface area (Å²) in [7, 11) is 0. The number of rotatable bonds is 0. The molecule has 0 bridgehead atoms. The summed E-state index contributed by atoms with van der Waals surface area (Å²) in [5.74, 6) is 0. The molecule has 7 heavy (non-hydrogen) atoms. The Morgan fingerprint density at radius 3 is 3.71 bits per heavy atom. The van der Waals surface area contributed by atoms with E-state index >= 15 is 0 Å². The van der Waals surface area contributed by atoms with Crippen molar-refractivity contribution in [2.45, 2.75) is 0 Å². The van der Waals surface area contributed by atoms with Crippen molar-refractivity contribution in [1.82, 2.24) is 5.32 Å². The average molecular weight is 96.1 g/mol. The van der Waals surface area contributed by atoms with E-state index in [0.717, 1.165) is 0 Å². The maximum Gasteiger partial charge on any atom is 0.108 e. The molecule has 1 N–H and O–H groups in total. The highest BCUT2D eigenvalue weighted by Gasteiger charge is 1.77. The van der Waals surface area contributed by atoms with Crippen LogP contribution in [0.25, 0.3) is 0 Å². The maximum absolute atomic E-state index is 4.83. The van der Waals surface area contributed by atoms with Gasteiger partial charge < -0.3 is 10.1 Å². The summed E-state index contributed by atoms with van der Waals surface area (Å²) in [6.07, 6.45) is 7.82. The normalized spacial score (nSPS) is 17.1. The molecule has 37 valence electrons. The fourth-order valence-corrected chi connectivity index (χ4v) is 0.335. The Morgan fingerprint density at radius 1 is 1.71 bits per heavy atom. The van der Waals surface area contributed by atoms with Crippen molar-refractivity contribution >= 4 is 0 Å². The first-order valence-electron chi connectivity index (χ1n) is 2.09. The van der Waals surface area contributed by atoms with E-state index in [-0.39, 0.29) is 0 Å². The van der Waals surface area contributed by atoms with E-state index in [1.807, 2.05) is 0 Å². The van der Waals surface area contributed by atoms with Crippen molar-refractivity contribution in [3.05, 3.63) is 24.7 Å². The van der Waals surface area contributed by atoms with Gasteiger partial charge in [0.2, 0.25) is 0 Å². The van der Waals surface area contributed by atoms with Crippen LogP contribution in [0, 0.1) is 6.20 Å². The summed E-state index contributed by atoms with van der Waals surface area (Å²) in [5.41, 5.74) is 0. The lowest BCUT2D eigenvalue weighted by Gasteiger charge is -1.85. The third kappa shape index (κ3) is 1.30. The van der Waals surface area contributed by atoms with E-state index < -0.39 is 0 Å². The lowest BCUT2D eigenvalue weighted by Crippen LogP contribution is -1.88. The Kier molecular flexibility index (Phi) is 1.39. The Balaban J connectivity index is 2.38. The molecule has 0 amide bonds. The molecule has 0 spiro atoms. The molecular formula is C5H6NO. The molecule has 1 radical (unpaired) electrons. The third-order valence-corrected chi connectivity index (χ3v) is 0.613. The molecule has 1 heterocycles. The molecule has 1 aliphatic rings. The zero-order valence-corrected chi connectivity index (χ0v) is 3.85. The van der Waals surface area contributed by atoms with Crippen LogP contribution in [0.1, 0.15) is 0 Å². The Hall–Kier alpha value is -0.920. The largest absolute Gasteiger partial charge is 0.496 e. The van der Waals surface area contributed by atoms with Crippen molar-refractivity contribution in [1.29, 1.82) is 0 Å². The molecule has 2 heteroatoms. The van der Waals surface area contributed by atoms with Gasteiger partial charge in [-0.2, -0.15) is 0 Å². The lowest BCUT2D eigenvalue weighted by atomic mass is 10.7. The third-order valence-electron chi connectivity index (χ3n) is 0.613. The maximum atomic E-state index is 4.83. The van der Waals surface area contributed by atoms with Crippen LogP contribution in [0.15, 0.2) is 18.5 Å². The second-order valence-electron chi connectivity index (χ2n) is 1.13. The minimum atomic E-state index is 0.615. The second-order valence-corrected chi connectivity index (χ2v) is 1.13. The molecule has 0 unspecified atom stereocenters. The van der Waals surface area contributed by atoms with Gasteiger partial charge in [0.1, 0.15) is 6.61 Å². The van der Waals surface area contributed by atoms with Crippen LogP contribution in [-0.2, 0) is 4.74 Å². The van der Waals surface area contributed by atoms with Gasteiger partial charge in [-0.05, 0) is 6.08 Å². The zero-order valence-electron chi connectivity index (χ0n) is 3.85. The molecule has 0 atom stereocenters. The first-order valence-corrected chi connectivity index (χ1v) is 2.09. The Labute approximate surface area is 42.5 Å².